The van der Waals surface area contributed by atoms with Gasteiger partial charge in [-0.2, -0.15) is 4.98 Å². The van der Waals surface area contributed by atoms with Crippen LogP contribution >= 0.6 is 11.3 Å². The molecule has 1 aromatic rings. The molecule has 0 saturated carbocycles. The number of aryl methyl sites for hydroxylation is 1. The van der Waals surface area contributed by atoms with E-state index >= 15 is 0 Å². The molecule has 4 heteroatoms. The van der Waals surface area contributed by atoms with Gasteiger partial charge < -0.3 is 4.55 Å². The van der Waals surface area contributed by atoms with Gasteiger partial charge in [-0.15, -0.1) is 11.3 Å². The minimum atomic E-state index is -0.812. The van der Waals surface area contributed by atoms with Gasteiger partial charge in [0.1, 0.15) is 10.8 Å². The van der Waals surface area contributed by atoms with Crippen LogP contribution in [0.15, 0.2) is 5.03 Å². The zero-order chi connectivity index (χ0) is 9.42. The lowest BCUT2D eigenvalue weighted by Gasteiger charge is -2.13. The van der Waals surface area contributed by atoms with Crippen molar-refractivity contribution in [2.75, 3.05) is 5.75 Å². The van der Waals surface area contributed by atoms with E-state index in [9.17, 15) is 4.55 Å². The minimum absolute atomic E-state index is 0.465. The Morgan fingerprint density at radius 3 is 2.92 bits per heavy atom. The molecule has 0 aliphatic carbocycles. The van der Waals surface area contributed by atoms with Crippen LogP contribution in [-0.4, -0.2) is 15.3 Å². The molecular formula is C9H13NOS2. The van der Waals surface area contributed by atoms with Gasteiger partial charge in [-0.05, 0) is 12.8 Å². The summed E-state index contributed by atoms with van der Waals surface area (Å²) < 4.78 is 11.6. The van der Waals surface area contributed by atoms with E-state index in [4.69, 9.17) is 0 Å². The maximum atomic E-state index is 11.6. The number of nitrogens with zero attached hydrogens (tertiary/aromatic N) is 1. The number of thiazole rings is 1. The van der Waals surface area contributed by atoms with E-state index in [1.165, 1.54) is 4.88 Å². The maximum Gasteiger partial charge on any atom is 0.258 e. The first kappa shape index (κ1) is 9.49. The highest BCUT2D eigenvalue weighted by Gasteiger charge is 2.27. The van der Waals surface area contributed by atoms with Crippen LogP contribution in [0.1, 0.15) is 36.1 Å². The summed E-state index contributed by atoms with van der Waals surface area (Å²) in [6.07, 6.45) is 2.13. The first-order valence-corrected chi connectivity index (χ1v) is 6.70. The van der Waals surface area contributed by atoms with E-state index in [2.05, 4.69) is 18.8 Å². The Balaban J connectivity index is 2.36. The van der Waals surface area contributed by atoms with Crippen molar-refractivity contribution in [1.82, 2.24) is 4.98 Å². The minimum Gasteiger partial charge on any atom is -0.610 e. The fraction of sp³-hybridized carbons (Fsp3) is 0.667. The van der Waals surface area contributed by atoms with E-state index in [1.807, 2.05) is 0 Å². The molecule has 1 atom stereocenters. The highest BCUT2D eigenvalue weighted by atomic mass is 32.2. The molecule has 0 fully saturated rings. The lowest BCUT2D eigenvalue weighted by molar-refractivity contribution is 0.581. The molecule has 0 bridgehead atoms. The Morgan fingerprint density at radius 2 is 2.31 bits per heavy atom. The number of aromatic nitrogens is 1. The fourth-order valence-electron chi connectivity index (χ4n) is 1.40. The molecule has 2 nitrogen and oxygen atoms in total. The van der Waals surface area contributed by atoms with Crippen molar-refractivity contribution in [3.05, 3.63) is 9.88 Å². The Morgan fingerprint density at radius 1 is 1.54 bits per heavy atom. The second-order valence-electron chi connectivity index (χ2n) is 3.59. The Labute approximate surface area is 85.6 Å². The van der Waals surface area contributed by atoms with Gasteiger partial charge in [0, 0.05) is 17.1 Å². The molecule has 0 N–H and O–H groups in total. The lowest BCUT2D eigenvalue weighted by Crippen LogP contribution is -2.15. The van der Waals surface area contributed by atoms with Crippen LogP contribution in [0.2, 0.25) is 0 Å². The summed E-state index contributed by atoms with van der Waals surface area (Å²) in [7, 11) is 0. The first-order valence-electron chi connectivity index (χ1n) is 4.56. The topological polar surface area (TPSA) is 36.0 Å². The predicted molar refractivity (Wildman–Crippen MR) is 55.8 cm³/mol. The van der Waals surface area contributed by atoms with Crippen molar-refractivity contribution >= 4 is 22.5 Å². The normalized spacial score (nSPS) is 22.0. The standard InChI is InChI=1S/C9H13NOS2/c1-6(2)8-10-9-7(12-8)4-3-5-13(9)11/h6H,3-5H2,1-2H3. The van der Waals surface area contributed by atoms with Gasteiger partial charge >= 0.3 is 0 Å². The molecule has 1 aromatic heterocycles. The lowest BCUT2D eigenvalue weighted by atomic mass is 10.2. The Hall–Kier alpha value is -0.0600. The highest BCUT2D eigenvalue weighted by molar-refractivity contribution is 7.91. The van der Waals surface area contributed by atoms with Crippen molar-refractivity contribution in [3.63, 3.8) is 0 Å². The monoisotopic (exact) mass is 215 g/mol. The molecule has 72 valence electrons. The summed E-state index contributed by atoms with van der Waals surface area (Å²) in [5.74, 6) is 1.27. The average Bonchev–Trinajstić information content (AvgIpc) is 2.49. The molecule has 1 unspecified atom stereocenters. The van der Waals surface area contributed by atoms with Crippen molar-refractivity contribution in [2.45, 2.75) is 37.6 Å². The number of rotatable bonds is 1. The molecule has 2 heterocycles. The van der Waals surface area contributed by atoms with Gasteiger partial charge in [0.15, 0.2) is 0 Å². The average molecular weight is 215 g/mol. The summed E-state index contributed by atoms with van der Waals surface area (Å²) in [5.41, 5.74) is 0. The Bertz CT molecular complexity index is 309. The molecule has 2 rings (SSSR count). The van der Waals surface area contributed by atoms with Crippen molar-refractivity contribution < 1.29 is 4.55 Å². The van der Waals surface area contributed by atoms with Crippen LogP contribution in [0.25, 0.3) is 0 Å². The first-order chi connectivity index (χ1) is 6.18. The van der Waals surface area contributed by atoms with Crippen LogP contribution < -0.4 is 0 Å². The molecule has 0 spiro atoms. The predicted octanol–water partition coefficient (Wildman–Crippen LogP) is 2.32. The van der Waals surface area contributed by atoms with Crippen molar-refractivity contribution in [1.29, 1.82) is 0 Å². The molecule has 0 radical (unpaired) electrons. The molecule has 13 heavy (non-hydrogen) atoms. The van der Waals surface area contributed by atoms with Crippen molar-refractivity contribution in [2.24, 2.45) is 0 Å². The largest absolute Gasteiger partial charge is 0.610 e. The fourth-order valence-corrected chi connectivity index (χ4v) is 4.02. The summed E-state index contributed by atoms with van der Waals surface area (Å²) in [6.45, 7) is 4.26. The second-order valence-corrected chi connectivity index (χ2v) is 6.19. The highest BCUT2D eigenvalue weighted by Crippen LogP contribution is 2.32. The van der Waals surface area contributed by atoms with Crippen molar-refractivity contribution in [3.8, 4) is 0 Å². The molecular weight excluding hydrogens is 202 g/mol. The maximum absolute atomic E-state index is 11.6. The van der Waals surface area contributed by atoms with Gasteiger partial charge in [-0.3, -0.25) is 0 Å². The summed E-state index contributed by atoms with van der Waals surface area (Å²) in [6, 6.07) is 0. The van der Waals surface area contributed by atoms with E-state index < -0.39 is 11.2 Å². The summed E-state index contributed by atoms with van der Waals surface area (Å²) >= 11 is 0.931. The van der Waals surface area contributed by atoms with Crippen LogP contribution in [0.3, 0.4) is 0 Å². The van der Waals surface area contributed by atoms with Crippen LogP contribution in [0, 0.1) is 0 Å². The zero-order valence-corrected chi connectivity index (χ0v) is 9.50. The molecule has 1 aliphatic rings. The van der Waals surface area contributed by atoms with E-state index in [0.29, 0.717) is 5.92 Å². The third kappa shape index (κ3) is 1.75. The summed E-state index contributed by atoms with van der Waals surface area (Å²) in [4.78, 5) is 5.71. The summed E-state index contributed by atoms with van der Waals surface area (Å²) in [5, 5.41) is 2.01. The van der Waals surface area contributed by atoms with E-state index in [0.717, 1.165) is 28.6 Å². The molecule has 0 amide bonds. The van der Waals surface area contributed by atoms with Gasteiger partial charge in [0.2, 0.25) is 0 Å². The molecule has 0 saturated heterocycles. The number of hydrogen-bond acceptors (Lipinski definition) is 3. The molecule has 1 aliphatic heterocycles. The Kier molecular flexibility index (Phi) is 2.62. The third-order valence-corrected chi connectivity index (χ3v) is 5.09. The molecule has 0 aromatic carbocycles. The van der Waals surface area contributed by atoms with Crippen LogP contribution in [-0.2, 0) is 17.6 Å². The smallest absolute Gasteiger partial charge is 0.258 e. The van der Waals surface area contributed by atoms with Gasteiger partial charge in [-0.25, -0.2) is 0 Å². The quantitative estimate of drug-likeness (QED) is 0.674. The van der Waals surface area contributed by atoms with Gasteiger partial charge in [-0.1, -0.05) is 13.8 Å². The zero-order valence-electron chi connectivity index (χ0n) is 7.87. The van der Waals surface area contributed by atoms with E-state index in [1.54, 1.807) is 11.3 Å². The third-order valence-electron chi connectivity index (χ3n) is 2.12. The number of hydrogen-bond donors (Lipinski definition) is 0. The second kappa shape index (κ2) is 3.59. The van der Waals surface area contributed by atoms with Crippen LogP contribution in [0.5, 0.6) is 0 Å². The van der Waals surface area contributed by atoms with E-state index in [-0.39, 0.29) is 0 Å². The SMILES string of the molecule is CC(C)c1nc2c(s1)CCC[S+]2[O-]. The van der Waals surface area contributed by atoms with Gasteiger partial charge in [0.25, 0.3) is 5.03 Å². The number of fused-ring (bicyclic) bond motifs is 1. The van der Waals surface area contributed by atoms with Gasteiger partial charge in [0.05, 0.1) is 4.88 Å². The van der Waals surface area contributed by atoms with Crippen LogP contribution in [0.4, 0.5) is 0 Å².